The van der Waals surface area contributed by atoms with E-state index in [0.717, 1.165) is 33.7 Å². The molecule has 12 nitrogen and oxygen atoms in total. The number of nitrogens with zero attached hydrogens (tertiary/aromatic N) is 3. The van der Waals surface area contributed by atoms with Crippen LogP contribution in [0.5, 0.6) is 0 Å². The first-order valence-electron chi connectivity index (χ1n) is 14.3. The van der Waals surface area contributed by atoms with E-state index in [1.54, 1.807) is 49.9 Å². The van der Waals surface area contributed by atoms with Crippen LogP contribution in [0.2, 0.25) is 0 Å². The second-order valence-corrected chi connectivity index (χ2v) is 12.9. The first-order chi connectivity index (χ1) is 20.7. The van der Waals surface area contributed by atoms with Crippen molar-refractivity contribution in [2.45, 2.75) is 71.1 Å². The highest BCUT2D eigenvalue weighted by Gasteiger charge is 2.37. The van der Waals surface area contributed by atoms with Crippen molar-refractivity contribution in [1.82, 2.24) is 30.6 Å². The molecular formula is C31H38N6O6S. The van der Waals surface area contributed by atoms with Gasteiger partial charge in [0.1, 0.15) is 21.8 Å². The highest BCUT2D eigenvalue weighted by atomic mass is 32.1. The van der Waals surface area contributed by atoms with Gasteiger partial charge in [0.25, 0.3) is 23.3 Å². The maximum Gasteiger partial charge on any atom is 0.408 e. The molecule has 234 valence electrons. The molecule has 0 spiro atoms. The molecule has 1 saturated heterocycles. The molecule has 3 heterocycles. The van der Waals surface area contributed by atoms with Crippen LogP contribution >= 0.6 is 11.3 Å². The molecule has 13 heteroatoms. The summed E-state index contributed by atoms with van der Waals surface area (Å²) < 4.78 is 6.45. The molecule has 2 aromatic heterocycles. The molecule has 3 N–H and O–H groups in total. The van der Waals surface area contributed by atoms with Crippen LogP contribution in [0.3, 0.4) is 0 Å². The molecule has 2 atom stereocenters. The topological polar surface area (TPSA) is 152 Å². The zero-order valence-corrected chi connectivity index (χ0v) is 26.5. The molecule has 1 aliphatic heterocycles. The molecule has 44 heavy (non-hydrogen) atoms. The summed E-state index contributed by atoms with van der Waals surface area (Å²) in [4.78, 5) is 72.0. The van der Waals surface area contributed by atoms with Gasteiger partial charge < -0.3 is 19.5 Å². The number of hydrogen-bond acceptors (Lipinski definition) is 8. The first kappa shape index (κ1) is 32.4. The van der Waals surface area contributed by atoms with E-state index in [0.29, 0.717) is 6.54 Å². The Morgan fingerprint density at radius 2 is 1.77 bits per heavy atom. The standard InChI is InChI=1S/C31H38N6O6S/c1-19-18-44-26(32-19)22-13-10-14-37(22)27(40)21-15-23(36(6)24(38)16-21)25(39)34-35-28(41)31(5,17-20-11-8-7-9-12-20)33-29(42)43-30(2,3)4/h7-9,11-12,15-16,18,22H,10,13-14,17H2,1-6H3,(H,33,42)(H,34,39)(H,35,41). The van der Waals surface area contributed by atoms with Gasteiger partial charge in [-0.15, -0.1) is 11.3 Å². The van der Waals surface area contributed by atoms with Gasteiger partial charge in [0, 0.05) is 42.7 Å². The van der Waals surface area contributed by atoms with Crippen LogP contribution in [-0.4, -0.2) is 56.0 Å². The van der Waals surface area contributed by atoms with Crippen LogP contribution in [-0.2, 0) is 23.0 Å². The van der Waals surface area contributed by atoms with Gasteiger partial charge in [-0.25, -0.2) is 9.78 Å². The molecule has 0 aliphatic carbocycles. The van der Waals surface area contributed by atoms with Crippen LogP contribution < -0.4 is 21.7 Å². The highest BCUT2D eigenvalue weighted by Crippen LogP contribution is 2.34. The minimum absolute atomic E-state index is 0.0604. The highest BCUT2D eigenvalue weighted by molar-refractivity contribution is 7.09. The van der Waals surface area contributed by atoms with Gasteiger partial charge in [0.2, 0.25) is 0 Å². The quantitative estimate of drug-likeness (QED) is 0.342. The monoisotopic (exact) mass is 622 g/mol. The predicted octanol–water partition coefficient (Wildman–Crippen LogP) is 3.41. The van der Waals surface area contributed by atoms with E-state index in [9.17, 15) is 24.0 Å². The van der Waals surface area contributed by atoms with Crippen molar-refractivity contribution in [3.63, 3.8) is 0 Å². The molecule has 1 aliphatic rings. The summed E-state index contributed by atoms with van der Waals surface area (Å²) >= 11 is 1.49. The molecule has 4 amide bonds. The fourth-order valence-corrected chi connectivity index (χ4v) is 5.91. The second kappa shape index (κ2) is 13.0. The Labute approximate surface area is 259 Å². The molecule has 2 unspecified atom stereocenters. The number of nitrogens with one attached hydrogen (secondary N) is 3. The minimum atomic E-state index is -1.53. The maximum atomic E-state index is 13.5. The lowest BCUT2D eigenvalue weighted by Crippen LogP contribution is -2.61. The number of hydrazine groups is 1. The number of likely N-dealkylation sites (tertiary alicyclic amines) is 1. The van der Waals surface area contributed by atoms with Gasteiger partial charge >= 0.3 is 6.09 Å². The van der Waals surface area contributed by atoms with E-state index < -0.39 is 34.6 Å². The van der Waals surface area contributed by atoms with Crippen molar-refractivity contribution < 1.29 is 23.9 Å². The third-order valence-corrected chi connectivity index (χ3v) is 8.21. The van der Waals surface area contributed by atoms with Gasteiger partial charge in [-0.2, -0.15) is 0 Å². The number of carbonyl (C=O) groups excluding carboxylic acids is 4. The minimum Gasteiger partial charge on any atom is -0.444 e. The van der Waals surface area contributed by atoms with Crippen molar-refractivity contribution in [2.24, 2.45) is 7.05 Å². The Bertz CT molecular complexity index is 1610. The summed E-state index contributed by atoms with van der Waals surface area (Å²) in [6, 6.07) is 11.4. The molecule has 0 saturated carbocycles. The molecule has 1 aromatic carbocycles. The van der Waals surface area contributed by atoms with Gasteiger partial charge in [0.15, 0.2) is 0 Å². The fourth-order valence-electron chi connectivity index (χ4n) is 4.96. The lowest BCUT2D eigenvalue weighted by atomic mass is 9.92. The van der Waals surface area contributed by atoms with Crippen LogP contribution in [0.15, 0.2) is 52.6 Å². The Balaban J connectivity index is 1.52. The Kier molecular flexibility index (Phi) is 9.57. The average molecular weight is 623 g/mol. The third-order valence-electron chi connectivity index (χ3n) is 7.15. The Morgan fingerprint density at radius 1 is 1.07 bits per heavy atom. The van der Waals surface area contributed by atoms with Crippen LogP contribution in [0.4, 0.5) is 4.79 Å². The van der Waals surface area contributed by atoms with Crippen LogP contribution in [0, 0.1) is 6.92 Å². The van der Waals surface area contributed by atoms with E-state index in [4.69, 9.17) is 4.74 Å². The molecule has 3 aromatic rings. The van der Waals surface area contributed by atoms with E-state index in [-0.39, 0.29) is 29.6 Å². The lowest BCUT2D eigenvalue weighted by Gasteiger charge is -2.31. The van der Waals surface area contributed by atoms with E-state index in [1.807, 2.05) is 18.4 Å². The third kappa shape index (κ3) is 7.70. The summed E-state index contributed by atoms with van der Waals surface area (Å²) in [6.45, 7) is 9.01. The molecule has 0 radical (unpaired) electrons. The summed E-state index contributed by atoms with van der Waals surface area (Å²) in [5.41, 5.74) is 3.36. The summed E-state index contributed by atoms with van der Waals surface area (Å²) in [5, 5.41) is 5.38. The van der Waals surface area contributed by atoms with Crippen molar-refractivity contribution in [3.05, 3.63) is 85.7 Å². The smallest absolute Gasteiger partial charge is 0.408 e. The molecule has 0 bridgehead atoms. The maximum absolute atomic E-state index is 13.5. The normalized spacial score (nSPS) is 16.1. The SMILES string of the molecule is Cc1csc(C2CCCN2C(=O)c2cc(C(=O)NNC(=O)C(C)(Cc3ccccc3)NC(=O)OC(C)(C)C)n(C)c(=O)c2)n1. The van der Waals surface area contributed by atoms with Crippen molar-refractivity contribution in [1.29, 1.82) is 0 Å². The number of pyridine rings is 1. The summed E-state index contributed by atoms with van der Waals surface area (Å²) in [5.74, 6) is -1.93. The van der Waals surface area contributed by atoms with E-state index in [1.165, 1.54) is 37.4 Å². The molecule has 4 rings (SSSR count). The number of hydrogen-bond donors (Lipinski definition) is 3. The largest absolute Gasteiger partial charge is 0.444 e. The summed E-state index contributed by atoms with van der Waals surface area (Å²) in [6.07, 6.45) is 0.826. The predicted molar refractivity (Wildman–Crippen MR) is 165 cm³/mol. The van der Waals surface area contributed by atoms with Crippen molar-refractivity contribution in [3.8, 4) is 0 Å². The Morgan fingerprint density at radius 3 is 2.41 bits per heavy atom. The number of thiazole rings is 1. The van der Waals surface area contributed by atoms with Crippen molar-refractivity contribution >= 4 is 35.2 Å². The van der Waals surface area contributed by atoms with Crippen LogP contribution in [0.1, 0.15) is 83.7 Å². The average Bonchev–Trinajstić information content (AvgIpc) is 3.61. The number of rotatable bonds is 7. The number of alkyl carbamates (subject to hydrolysis) is 1. The number of carbonyl (C=O) groups is 4. The number of amides is 4. The molecule has 1 fully saturated rings. The van der Waals surface area contributed by atoms with Crippen LogP contribution in [0.25, 0.3) is 0 Å². The first-order valence-corrected chi connectivity index (χ1v) is 15.1. The van der Waals surface area contributed by atoms with Gasteiger partial charge in [0.05, 0.1) is 6.04 Å². The number of aryl methyl sites for hydroxylation is 1. The number of aromatic nitrogens is 2. The number of benzene rings is 1. The molecular weight excluding hydrogens is 584 g/mol. The van der Waals surface area contributed by atoms with E-state index in [2.05, 4.69) is 21.2 Å². The Hall–Kier alpha value is -4.52. The lowest BCUT2D eigenvalue weighted by molar-refractivity contribution is -0.127. The second-order valence-electron chi connectivity index (χ2n) is 12.0. The van der Waals surface area contributed by atoms with Crippen molar-refractivity contribution in [2.75, 3.05) is 6.54 Å². The van der Waals surface area contributed by atoms with Gasteiger partial charge in [-0.05, 0) is 59.1 Å². The summed E-state index contributed by atoms with van der Waals surface area (Å²) in [7, 11) is 1.40. The number of ether oxygens (including phenoxy) is 1. The van der Waals surface area contributed by atoms with E-state index >= 15 is 0 Å². The fraction of sp³-hybridized carbons (Fsp3) is 0.419. The zero-order chi connectivity index (χ0) is 32.2. The van der Waals surface area contributed by atoms with Gasteiger partial charge in [-0.1, -0.05) is 30.3 Å². The zero-order valence-electron chi connectivity index (χ0n) is 25.7. The van der Waals surface area contributed by atoms with Gasteiger partial charge in [-0.3, -0.25) is 30.0 Å².